The molecule has 0 aromatic heterocycles. The zero-order chi connectivity index (χ0) is 13.9. The van der Waals surface area contributed by atoms with Crippen LogP contribution in [0, 0.1) is 10.1 Å². The van der Waals surface area contributed by atoms with E-state index in [-0.39, 0.29) is 12.2 Å². The van der Waals surface area contributed by atoms with Crippen molar-refractivity contribution in [1.29, 1.82) is 0 Å². The molecule has 0 aliphatic rings. The van der Waals surface area contributed by atoms with Gasteiger partial charge in [0.2, 0.25) is 0 Å². The number of nitro groups is 1. The van der Waals surface area contributed by atoms with Crippen molar-refractivity contribution in [2.75, 3.05) is 0 Å². The van der Waals surface area contributed by atoms with Crippen LogP contribution in [0.2, 0.25) is 0 Å². The summed E-state index contributed by atoms with van der Waals surface area (Å²) in [5, 5.41) is 10.4. The van der Waals surface area contributed by atoms with Crippen molar-refractivity contribution in [2.45, 2.75) is 32.7 Å². The average Bonchev–Trinajstić information content (AvgIpc) is 2.24. The molecule has 0 saturated carbocycles. The number of non-ortho nitro benzene ring substituents is 1. The Morgan fingerprint density at radius 3 is 2.11 bits per heavy atom. The third-order valence-corrected chi connectivity index (χ3v) is 2.45. The van der Waals surface area contributed by atoms with Crippen LogP contribution in [0.15, 0.2) is 24.3 Å². The first kappa shape index (κ1) is 14.4. The normalized spacial score (nSPS) is 12.2. The van der Waals surface area contributed by atoms with Crippen LogP contribution in [0.5, 0.6) is 0 Å². The van der Waals surface area contributed by atoms with E-state index in [0.717, 1.165) is 0 Å². The van der Waals surface area contributed by atoms with E-state index in [1.807, 2.05) is 0 Å². The number of halogens is 3. The third kappa shape index (κ3) is 3.69. The Labute approximate surface area is 102 Å². The molecular weight excluding hydrogens is 249 g/mol. The molecule has 0 bridgehead atoms. The van der Waals surface area contributed by atoms with Crippen LogP contribution in [0.3, 0.4) is 0 Å². The second-order valence-corrected chi connectivity index (χ2v) is 4.11. The van der Waals surface area contributed by atoms with E-state index in [9.17, 15) is 23.3 Å². The van der Waals surface area contributed by atoms with Gasteiger partial charge in [0.15, 0.2) is 0 Å². The number of nitrogens with zero attached hydrogens (tertiary/aromatic N) is 2. The predicted molar refractivity (Wildman–Crippen MR) is 59.8 cm³/mol. The maximum Gasteiger partial charge on any atom is 0.460 e. The van der Waals surface area contributed by atoms with Crippen LogP contribution in [-0.4, -0.2) is 22.2 Å². The molecule has 0 aliphatic carbocycles. The van der Waals surface area contributed by atoms with Gasteiger partial charge in [-0.2, -0.15) is 13.2 Å². The highest BCUT2D eigenvalue weighted by atomic mass is 19.4. The van der Waals surface area contributed by atoms with E-state index >= 15 is 0 Å². The van der Waals surface area contributed by atoms with E-state index in [2.05, 4.69) is 0 Å². The minimum Gasteiger partial charge on any atom is -0.258 e. The zero-order valence-corrected chi connectivity index (χ0v) is 9.94. The maximum absolute atomic E-state index is 12.7. The summed E-state index contributed by atoms with van der Waals surface area (Å²) in [6.07, 6.45) is -4.42. The van der Waals surface area contributed by atoms with E-state index < -0.39 is 17.3 Å². The lowest BCUT2D eigenvalue weighted by molar-refractivity contribution is -0.384. The molecule has 1 rings (SSSR count). The number of rotatable bonds is 4. The molecule has 0 atom stereocenters. The highest BCUT2D eigenvalue weighted by Gasteiger charge is 2.38. The third-order valence-electron chi connectivity index (χ3n) is 2.45. The standard InChI is InChI=1S/C11H13F3N2O2/c1-8(2)15(11(12,13)14)7-9-3-5-10(6-4-9)16(17)18/h3-6,8H,7H2,1-2H3. The topological polar surface area (TPSA) is 46.4 Å². The molecule has 0 heterocycles. The Bertz CT molecular complexity index is 415. The number of hydrogen-bond donors (Lipinski definition) is 0. The van der Waals surface area contributed by atoms with Crippen molar-refractivity contribution in [1.82, 2.24) is 4.90 Å². The number of hydrogen-bond acceptors (Lipinski definition) is 3. The summed E-state index contributed by atoms with van der Waals surface area (Å²) in [5.41, 5.74) is 0.244. The molecule has 0 unspecified atom stereocenters. The Morgan fingerprint density at radius 2 is 1.78 bits per heavy atom. The summed E-state index contributed by atoms with van der Waals surface area (Å²) in [5.74, 6) is 0. The summed E-state index contributed by atoms with van der Waals surface area (Å²) in [6, 6.07) is 4.37. The largest absolute Gasteiger partial charge is 0.460 e. The number of alkyl halides is 3. The van der Waals surface area contributed by atoms with Crippen molar-refractivity contribution < 1.29 is 18.1 Å². The van der Waals surface area contributed by atoms with E-state index in [0.29, 0.717) is 10.5 Å². The minimum atomic E-state index is -4.42. The molecule has 0 aliphatic heterocycles. The molecule has 7 heteroatoms. The molecule has 1 aromatic rings. The van der Waals surface area contributed by atoms with Crippen LogP contribution in [0.1, 0.15) is 19.4 Å². The second-order valence-electron chi connectivity index (χ2n) is 4.11. The molecule has 0 fully saturated rings. The van der Waals surface area contributed by atoms with Crippen molar-refractivity contribution in [3.63, 3.8) is 0 Å². The molecule has 0 N–H and O–H groups in total. The Balaban J connectivity index is 2.85. The van der Waals surface area contributed by atoms with Crippen LogP contribution in [0.25, 0.3) is 0 Å². The van der Waals surface area contributed by atoms with Gasteiger partial charge < -0.3 is 0 Å². The second kappa shape index (κ2) is 5.34. The van der Waals surface area contributed by atoms with Crippen LogP contribution < -0.4 is 0 Å². The number of nitro benzene ring substituents is 1. The fourth-order valence-corrected chi connectivity index (χ4v) is 1.48. The quantitative estimate of drug-likeness (QED) is 0.475. The SMILES string of the molecule is CC(C)N(Cc1ccc([N+](=O)[O-])cc1)C(F)(F)F. The Hall–Kier alpha value is -1.63. The summed E-state index contributed by atoms with van der Waals surface area (Å²) in [7, 11) is 0. The van der Waals surface area contributed by atoms with Gasteiger partial charge in [-0.05, 0) is 19.4 Å². The van der Waals surface area contributed by atoms with Gasteiger partial charge in [-0.25, -0.2) is 4.90 Å². The van der Waals surface area contributed by atoms with Crippen LogP contribution >= 0.6 is 0 Å². The highest BCUT2D eigenvalue weighted by molar-refractivity contribution is 5.32. The van der Waals surface area contributed by atoms with Crippen LogP contribution in [0.4, 0.5) is 18.9 Å². The lowest BCUT2D eigenvalue weighted by Crippen LogP contribution is -2.42. The zero-order valence-electron chi connectivity index (χ0n) is 9.94. The molecule has 0 spiro atoms. The average molecular weight is 262 g/mol. The first-order chi connectivity index (χ1) is 8.21. The molecule has 100 valence electrons. The Kier molecular flexibility index (Phi) is 4.28. The van der Waals surface area contributed by atoms with Crippen molar-refractivity contribution >= 4 is 5.69 Å². The van der Waals surface area contributed by atoms with Gasteiger partial charge >= 0.3 is 6.30 Å². The van der Waals surface area contributed by atoms with Gasteiger partial charge in [0.25, 0.3) is 5.69 Å². The summed E-state index contributed by atoms with van der Waals surface area (Å²) in [4.78, 5) is 10.2. The minimum absolute atomic E-state index is 0.137. The van der Waals surface area contributed by atoms with Crippen molar-refractivity contribution in [3.8, 4) is 0 Å². The molecule has 0 radical (unpaired) electrons. The maximum atomic E-state index is 12.7. The lowest BCUT2D eigenvalue weighted by atomic mass is 10.2. The van der Waals surface area contributed by atoms with Gasteiger partial charge in [-0.15, -0.1) is 0 Å². The van der Waals surface area contributed by atoms with E-state index in [1.54, 1.807) is 0 Å². The van der Waals surface area contributed by atoms with Crippen molar-refractivity contribution in [3.05, 3.63) is 39.9 Å². The predicted octanol–water partition coefficient (Wildman–Crippen LogP) is 3.33. The fourth-order valence-electron chi connectivity index (χ4n) is 1.48. The molecule has 4 nitrogen and oxygen atoms in total. The van der Waals surface area contributed by atoms with Crippen LogP contribution in [-0.2, 0) is 6.54 Å². The Morgan fingerprint density at radius 1 is 1.28 bits per heavy atom. The summed E-state index contributed by atoms with van der Waals surface area (Å²) < 4.78 is 38.0. The van der Waals surface area contributed by atoms with Gasteiger partial charge in [0.1, 0.15) is 0 Å². The summed E-state index contributed by atoms with van der Waals surface area (Å²) in [6.45, 7) is 2.57. The molecule has 18 heavy (non-hydrogen) atoms. The van der Waals surface area contributed by atoms with Gasteiger partial charge in [0.05, 0.1) is 4.92 Å². The first-order valence-corrected chi connectivity index (χ1v) is 5.28. The lowest BCUT2D eigenvalue weighted by Gasteiger charge is -2.28. The molecule has 0 amide bonds. The first-order valence-electron chi connectivity index (χ1n) is 5.28. The monoisotopic (exact) mass is 262 g/mol. The molecule has 1 aromatic carbocycles. The van der Waals surface area contributed by atoms with E-state index in [4.69, 9.17) is 0 Å². The van der Waals surface area contributed by atoms with Gasteiger partial charge in [0, 0.05) is 24.7 Å². The smallest absolute Gasteiger partial charge is 0.258 e. The molecule has 0 saturated heterocycles. The highest BCUT2D eigenvalue weighted by Crippen LogP contribution is 2.26. The van der Waals surface area contributed by atoms with E-state index in [1.165, 1.54) is 38.1 Å². The van der Waals surface area contributed by atoms with Gasteiger partial charge in [-0.3, -0.25) is 10.1 Å². The van der Waals surface area contributed by atoms with Gasteiger partial charge in [-0.1, -0.05) is 12.1 Å². The fraction of sp³-hybridized carbons (Fsp3) is 0.455. The summed E-state index contributed by atoms with van der Waals surface area (Å²) >= 11 is 0. The van der Waals surface area contributed by atoms with Crippen molar-refractivity contribution in [2.24, 2.45) is 0 Å². The number of benzene rings is 1. The molecular formula is C11H13F3N2O2.